The van der Waals surface area contributed by atoms with Gasteiger partial charge in [-0.25, -0.2) is 15.0 Å². The van der Waals surface area contributed by atoms with Gasteiger partial charge in [0.25, 0.3) is 0 Å². The molecule has 0 saturated carbocycles. The van der Waals surface area contributed by atoms with Crippen LogP contribution in [-0.4, -0.2) is 31.0 Å². The fraction of sp³-hybridized carbons (Fsp3) is 0.350. The Morgan fingerprint density at radius 2 is 2.04 bits per heavy atom. The van der Waals surface area contributed by atoms with Crippen LogP contribution in [0, 0.1) is 6.92 Å². The topological polar surface area (TPSA) is 58.9 Å². The fourth-order valence-corrected chi connectivity index (χ4v) is 3.35. The van der Waals surface area contributed by atoms with Gasteiger partial charge in [0, 0.05) is 38.9 Å². The summed E-state index contributed by atoms with van der Waals surface area (Å²) in [7, 11) is 2.04. The molecule has 3 heterocycles. The smallest absolute Gasteiger partial charge is 0.130 e. The van der Waals surface area contributed by atoms with Crippen LogP contribution in [-0.2, 0) is 20.1 Å². The van der Waals surface area contributed by atoms with Crippen molar-refractivity contribution in [3.8, 4) is 0 Å². The van der Waals surface area contributed by atoms with E-state index in [2.05, 4.69) is 55.1 Å². The van der Waals surface area contributed by atoms with Crippen molar-refractivity contribution in [2.45, 2.75) is 32.5 Å². The minimum atomic E-state index is 0.351. The van der Waals surface area contributed by atoms with Gasteiger partial charge in [0.15, 0.2) is 0 Å². The van der Waals surface area contributed by atoms with Crippen molar-refractivity contribution in [3.63, 3.8) is 0 Å². The molecule has 134 valence electrons. The monoisotopic (exact) mass is 348 g/mol. The van der Waals surface area contributed by atoms with Gasteiger partial charge in [-0.15, -0.1) is 0 Å². The van der Waals surface area contributed by atoms with Crippen LogP contribution >= 0.6 is 0 Å². The quantitative estimate of drug-likeness (QED) is 0.742. The molecular formula is C20H24N6. The Kier molecular flexibility index (Phi) is 4.67. The summed E-state index contributed by atoms with van der Waals surface area (Å²) in [4.78, 5) is 15.9. The highest BCUT2D eigenvalue weighted by Crippen LogP contribution is 2.34. The van der Waals surface area contributed by atoms with E-state index in [-0.39, 0.29) is 0 Å². The molecule has 1 aromatic carbocycles. The van der Waals surface area contributed by atoms with E-state index in [1.165, 1.54) is 11.3 Å². The molecule has 0 spiro atoms. The Balaban J connectivity index is 1.46. The maximum atomic E-state index is 4.70. The molecule has 4 rings (SSSR count). The molecule has 0 aliphatic carbocycles. The van der Waals surface area contributed by atoms with E-state index >= 15 is 0 Å². The Morgan fingerprint density at radius 3 is 2.73 bits per heavy atom. The molecule has 6 nitrogen and oxygen atoms in total. The number of aromatic nitrogens is 4. The van der Waals surface area contributed by atoms with E-state index in [0.29, 0.717) is 6.04 Å². The standard InChI is InChI=1S/C20H24N6/c1-15-23-18(10-20(24-15)22-11-16-6-4-3-5-7-16)19-8-9-26(19)13-17-12-21-14-25(17)2/h3-7,10,12,14,19H,8-9,11,13H2,1-2H3,(H,22,23,24). The first-order valence-electron chi connectivity index (χ1n) is 9.01. The largest absolute Gasteiger partial charge is 0.366 e. The SMILES string of the molecule is Cc1nc(NCc2ccccc2)cc(C2CCN2Cc2cncn2C)n1. The van der Waals surface area contributed by atoms with Gasteiger partial charge in [-0.1, -0.05) is 30.3 Å². The number of hydrogen-bond acceptors (Lipinski definition) is 5. The molecule has 3 aromatic rings. The summed E-state index contributed by atoms with van der Waals surface area (Å²) in [5.41, 5.74) is 3.57. The van der Waals surface area contributed by atoms with Crippen LogP contribution in [0.5, 0.6) is 0 Å². The van der Waals surface area contributed by atoms with Crippen molar-refractivity contribution in [1.29, 1.82) is 0 Å². The summed E-state index contributed by atoms with van der Waals surface area (Å²) in [5.74, 6) is 1.70. The van der Waals surface area contributed by atoms with E-state index in [1.54, 1.807) is 0 Å². The summed E-state index contributed by atoms with van der Waals surface area (Å²) in [6.45, 7) is 4.71. The van der Waals surface area contributed by atoms with E-state index in [1.807, 2.05) is 32.6 Å². The number of anilines is 1. The lowest BCUT2D eigenvalue weighted by Crippen LogP contribution is -2.41. The van der Waals surface area contributed by atoms with Crippen LogP contribution in [0.3, 0.4) is 0 Å². The van der Waals surface area contributed by atoms with Crippen LogP contribution < -0.4 is 5.32 Å². The zero-order valence-electron chi connectivity index (χ0n) is 15.3. The number of imidazole rings is 1. The predicted molar refractivity (Wildman–Crippen MR) is 102 cm³/mol. The first-order valence-corrected chi connectivity index (χ1v) is 9.01. The second kappa shape index (κ2) is 7.25. The number of benzene rings is 1. The van der Waals surface area contributed by atoms with Crippen LogP contribution in [0.4, 0.5) is 5.82 Å². The number of likely N-dealkylation sites (tertiary alicyclic amines) is 1. The highest BCUT2D eigenvalue weighted by molar-refractivity contribution is 5.38. The Labute approximate surface area is 153 Å². The Morgan fingerprint density at radius 1 is 1.19 bits per heavy atom. The minimum Gasteiger partial charge on any atom is -0.366 e. The van der Waals surface area contributed by atoms with Crippen molar-refractivity contribution in [2.75, 3.05) is 11.9 Å². The number of hydrogen-bond donors (Lipinski definition) is 1. The fourth-order valence-electron chi connectivity index (χ4n) is 3.35. The Hall–Kier alpha value is -2.73. The van der Waals surface area contributed by atoms with Crippen molar-refractivity contribution in [3.05, 3.63) is 71.7 Å². The summed E-state index contributed by atoms with van der Waals surface area (Å²) in [5, 5.41) is 3.43. The second-order valence-corrected chi connectivity index (χ2v) is 6.84. The molecule has 1 aliphatic heterocycles. The molecule has 6 heteroatoms. The predicted octanol–water partition coefficient (Wildman–Crippen LogP) is 3.08. The van der Waals surface area contributed by atoms with Gasteiger partial charge in [-0.3, -0.25) is 4.90 Å². The normalized spacial score (nSPS) is 17.1. The van der Waals surface area contributed by atoms with E-state index in [0.717, 1.165) is 43.4 Å². The number of nitrogens with zero attached hydrogens (tertiary/aromatic N) is 5. The van der Waals surface area contributed by atoms with Crippen molar-refractivity contribution >= 4 is 5.82 Å². The van der Waals surface area contributed by atoms with Gasteiger partial charge < -0.3 is 9.88 Å². The zero-order chi connectivity index (χ0) is 17.9. The highest BCUT2D eigenvalue weighted by Gasteiger charge is 2.31. The summed E-state index contributed by atoms with van der Waals surface area (Å²) >= 11 is 0. The molecule has 26 heavy (non-hydrogen) atoms. The van der Waals surface area contributed by atoms with Crippen molar-refractivity contribution < 1.29 is 0 Å². The van der Waals surface area contributed by atoms with Crippen LogP contribution in [0.15, 0.2) is 48.9 Å². The molecule has 0 amide bonds. The molecule has 1 aliphatic rings. The van der Waals surface area contributed by atoms with Gasteiger partial charge in [-0.2, -0.15) is 0 Å². The molecule has 1 atom stereocenters. The lowest BCUT2D eigenvalue weighted by Gasteiger charge is -2.40. The third-order valence-corrected chi connectivity index (χ3v) is 4.93. The van der Waals surface area contributed by atoms with Gasteiger partial charge in [0.05, 0.1) is 23.8 Å². The van der Waals surface area contributed by atoms with E-state index in [4.69, 9.17) is 4.98 Å². The highest BCUT2D eigenvalue weighted by atomic mass is 15.2. The zero-order valence-corrected chi connectivity index (χ0v) is 15.3. The van der Waals surface area contributed by atoms with Crippen LogP contribution in [0.2, 0.25) is 0 Å². The molecule has 1 unspecified atom stereocenters. The summed E-state index contributed by atoms with van der Waals surface area (Å²) < 4.78 is 2.08. The third kappa shape index (κ3) is 3.60. The van der Waals surface area contributed by atoms with Gasteiger partial charge in [0.2, 0.25) is 0 Å². The first kappa shape index (κ1) is 16.7. The second-order valence-electron chi connectivity index (χ2n) is 6.84. The number of rotatable bonds is 6. The number of nitrogens with one attached hydrogen (secondary N) is 1. The first-order chi connectivity index (χ1) is 12.7. The summed E-state index contributed by atoms with van der Waals surface area (Å²) in [6, 6.07) is 12.8. The lowest BCUT2D eigenvalue weighted by molar-refractivity contribution is 0.0761. The van der Waals surface area contributed by atoms with Gasteiger partial charge in [0.1, 0.15) is 11.6 Å². The number of aryl methyl sites for hydroxylation is 2. The average Bonchev–Trinajstić information content (AvgIpc) is 3.02. The lowest BCUT2D eigenvalue weighted by atomic mass is 9.99. The maximum Gasteiger partial charge on any atom is 0.130 e. The molecule has 0 bridgehead atoms. The van der Waals surface area contributed by atoms with Crippen LogP contribution in [0.1, 0.15) is 35.2 Å². The van der Waals surface area contributed by atoms with Crippen LogP contribution in [0.25, 0.3) is 0 Å². The molecule has 0 radical (unpaired) electrons. The minimum absolute atomic E-state index is 0.351. The molecular weight excluding hydrogens is 324 g/mol. The Bertz CT molecular complexity index is 873. The average molecular weight is 348 g/mol. The van der Waals surface area contributed by atoms with Gasteiger partial charge >= 0.3 is 0 Å². The van der Waals surface area contributed by atoms with Crippen molar-refractivity contribution in [2.24, 2.45) is 7.05 Å². The van der Waals surface area contributed by atoms with Crippen molar-refractivity contribution in [1.82, 2.24) is 24.4 Å². The van der Waals surface area contributed by atoms with E-state index in [9.17, 15) is 0 Å². The summed E-state index contributed by atoms with van der Waals surface area (Å²) in [6.07, 6.45) is 4.92. The molecule has 1 N–H and O–H groups in total. The maximum absolute atomic E-state index is 4.70. The van der Waals surface area contributed by atoms with E-state index < -0.39 is 0 Å². The molecule has 1 fully saturated rings. The molecule has 1 saturated heterocycles. The van der Waals surface area contributed by atoms with Gasteiger partial charge in [-0.05, 0) is 18.9 Å². The third-order valence-electron chi connectivity index (χ3n) is 4.93. The molecule has 2 aromatic heterocycles.